The third-order valence-corrected chi connectivity index (χ3v) is 5.64. The number of carbonyl (C=O) groups is 1. The van der Waals surface area contributed by atoms with Crippen LogP contribution in [0.5, 0.6) is 0 Å². The Bertz CT molecular complexity index is 97.6. The van der Waals surface area contributed by atoms with Crippen LogP contribution in [0.4, 0.5) is 0 Å². The molecular weight excluding hydrogens is 164 g/mol. The Morgan fingerprint density at radius 3 is 2.70 bits per heavy atom. The van der Waals surface area contributed by atoms with Crippen LogP contribution in [0.1, 0.15) is 19.8 Å². The quantitative estimate of drug-likeness (QED) is 0.358. The lowest BCUT2D eigenvalue weighted by molar-refractivity contribution is -0.106. The summed E-state index contributed by atoms with van der Waals surface area (Å²) in [5.41, 5.74) is 0. The second kappa shape index (κ2) is 5.92. The first-order valence-corrected chi connectivity index (χ1v) is 6.89. The molecular formula is C7H15ClOSi. The SMILES string of the molecule is CCCC[SiH](C)C(Cl)C=O. The zero-order valence-corrected chi connectivity index (χ0v) is 8.55. The lowest BCUT2D eigenvalue weighted by atomic mass is 10.4. The predicted octanol–water partition coefficient (Wildman–Crippen LogP) is 1.99. The van der Waals surface area contributed by atoms with Crippen molar-refractivity contribution in [3.63, 3.8) is 0 Å². The molecule has 2 unspecified atom stereocenters. The van der Waals surface area contributed by atoms with Gasteiger partial charge in [0.15, 0.2) is 0 Å². The van der Waals surface area contributed by atoms with Gasteiger partial charge in [-0.3, -0.25) is 0 Å². The highest BCUT2D eigenvalue weighted by molar-refractivity contribution is 6.72. The molecule has 10 heavy (non-hydrogen) atoms. The molecule has 0 amide bonds. The number of hydrogen-bond donors (Lipinski definition) is 0. The topological polar surface area (TPSA) is 17.1 Å². The average Bonchev–Trinajstić information content (AvgIpc) is 1.98. The summed E-state index contributed by atoms with van der Waals surface area (Å²) in [5, 5.41) is -0.147. The van der Waals surface area contributed by atoms with Crippen LogP contribution in [0.3, 0.4) is 0 Å². The second-order valence-corrected chi connectivity index (χ2v) is 6.88. The lowest BCUT2D eigenvalue weighted by Gasteiger charge is -2.08. The molecule has 1 nitrogen and oxygen atoms in total. The fourth-order valence-electron chi connectivity index (χ4n) is 0.819. The van der Waals surface area contributed by atoms with E-state index in [1.807, 2.05) is 0 Å². The molecule has 0 fully saturated rings. The Morgan fingerprint density at radius 2 is 2.30 bits per heavy atom. The van der Waals surface area contributed by atoms with E-state index >= 15 is 0 Å². The summed E-state index contributed by atoms with van der Waals surface area (Å²) in [6, 6.07) is 1.20. The van der Waals surface area contributed by atoms with Gasteiger partial charge in [0.25, 0.3) is 0 Å². The third-order valence-electron chi connectivity index (χ3n) is 1.69. The van der Waals surface area contributed by atoms with Crippen molar-refractivity contribution in [2.45, 2.75) is 37.4 Å². The molecule has 0 heterocycles. The van der Waals surface area contributed by atoms with E-state index in [-0.39, 0.29) is 5.00 Å². The van der Waals surface area contributed by atoms with Crippen molar-refractivity contribution in [2.24, 2.45) is 0 Å². The number of halogens is 1. The van der Waals surface area contributed by atoms with E-state index in [4.69, 9.17) is 11.6 Å². The van der Waals surface area contributed by atoms with Crippen molar-refractivity contribution in [3.05, 3.63) is 0 Å². The van der Waals surface area contributed by atoms with Crippen LogP contribution in [0.2, 0.25) is 12.6 Å². The molecule has 3 heteroatoms. The number of hydrogen-bond acceptors (Lipinski definition) is 1. The van der Waals surface area contributed by atoms with Crippen molar-refractivity contribution in [1.29, 1.82) is 0 Å². The largest absolute Gasteiger partial charge is 0.302 e. The van der Waals surface area contributed by atoms with Gasteiger partial charge in [-0.15, -0.1) is 11.6 Å². The highest BCUT2D eigenvalue weighted by Gasteiger charge is 2.13. The Kier molecular flexibility index (Phi) is 6.03. The number of alkyl halides is 1. The van der Waals surface area contributed by atoms with E-state index in [0.717, 1.165) is 6.29 Å². The van der Waals surface area contributed by atoms with Crippen LogP contribution in [0.25, 0.3) is 0 Å². The van der Waals surface area contributed by atoms with Crippen molar-refractivity contribution < 1.29 is 4.79 Å². The molecule has 0 saturated carbocycles. The van der Waals surface area contributed by atoms with Crippen molar-refractivity contribution in [1.82, 2.24) is 0 Å². The average molecular weight is 179 g/mol. The molecule has 0 aliphatic carbocycles. The van der Waals surface area contributed by atoms with E-state index in [1.54, 1.807) is 0 Å². The van der Waals surface area contributed by atoms with E-state index in [9.17, 15) is 4.79 Å². The molecule has 0 aliphatic rings. The molecule has 0 aromatic heterocycles. The fraction of sp³-hybridized carbons (Fsp3) is 0.857. The Labute approximate surface area is 69.4 Å². The van der Waals surface area contributed by atoms with Gasteiger partial charge in [-0.2, -0.15) is 0 Å². The minimum absolute atomic E-state index is 0.147. The lowest BCUT2D eigenvalue weighted by Crippen LogP contribution is -2.23. The highest BCUT2D eigenvalue weighted by Crippen LogP contribution is 2.07. The molecule has 0 aliphatic heterocycles. The maximum atomic E-state index is 10.2. The normalized spacial score (nSPS) is 16.3. The molecule has 0 spiro atoms. The van der Waals surface area contributed by atoms with Gasteiger partial charge in [0.2, 0.25) is 0 Å². The monoisotopic (exact) mass is 178 g/mol. The van der Waals surface area contributed by atoms with Gasteiger partial charge in [0.05, 0.1) is 13.8 Å². The van der Waals surface area contributed by atoms with E-state index in [2.05, 4.69) is 13.5 Å². The zero-order chi connectivity index (χ0) is 7.98. The van der Waals surface area contributed by atoms with Gasteiger partial charge < -0.3 is 4.79 Å². The second-order valence-electron chi connectivity index (χ2n) is 2.70. The zero-order valence-electron chi connectivity index (χ0n) is 6.64. The summed E-state index contributed by atoms with van der Waals surface area (Å²) < 4.78 is 0. The van der Waals surface area contributed by atoms with Gasteiger partial charge in [-0.25, -0.2) is 0 Å². The molecule has 0 aromatic rings. The maximum absolute atomic E-state index is 10.2. The minimum Gasteiger partial charge on any atom is -0.302 e. The van der Waals surface area contributed by atoms with Gasteiger partial charge >= 0.3 is 0 Å². The number of carbonyl (C=O) groups excluding carboxylic acids is 1. The van der Waals surface area contributed by atoms with Crippen LogP contribution in [0, 0.1) is 0 Å². The first-order valence-electron chi connectivity index (χ1n) is 3.81. The van der Waals surface area contributed by atoms with Crippen molar-refractivity contribution in [2.75, 3.05) is 0 Å². The Morgan fingerprint density at radius 1 is 1.70 bits per heavy atom. The summed E-state index contributed by atoms with van der Waals surface area (Å²) in [4.78, 5) is 10.2. The van der Waals surface area contributed by atoms with Crippen LogP contribution in [-0.4, -0.2) is 20.1 Å². The third kappa shape index (κ3) is 4.07. The number of rotatable bonds is 5. The highest BCUT2D eigenvalue weighted by atomic mass is 35.5. The van der Waals surface area contributed by atoms with E-state index in [0.29, 0.717) is 0 Å². The van der Waals surface area contributed by atoms with Crippen LogP contribution in [0.15, 0.2) is 0 Å². The minimum atomic E-state index is -0.917. The van der Waals surface area contributed by atoms with Crippen molar-refractivity contribution >= 4 is 26.7 Å². The summed E-state index contributed by atoms with van der Waals surface area (Å²) in [7, 11) is -0.917. The summed E-state index contributed by atoms with van der Waals surface area (Å²) in [6.07, 6.45) is 3.32. The Hall–Kier alpha value is 0.177. The van der Waals surface area contributed by atoms with Gasteiger partial charge in [0.1, 0.15) is 6.29 Å². The molecule has 0 saturated heterocycles. The van der Waals surface area contributed by atoms with Gasteiger partial charge in [-0.05, 0) is 0 Å². The Balaban J connectivity index is 3.40. The summed E-state index contributed by atoms with van der Waals surface area (Å²) in [6.45, 7) is 4.31. The molecule has 0 N–H and O–H groups in total. The fourth-order valence-corrected chi connectivity index (χ4v) is 2.84. The van der Waals surface area contributed by atoms with Crippen LogP contribution >= 0.6 is 11.6 Å². The van der Waals surface area contributed by atoms with Gasteiger partial charge in [-0.1, -0.05) is 32.4 Å². The molecule has 0 rings (SSSR count). The smallest absolute Gasteiger partial charge is 0.134 e. The molecule has 0 radical (unpaired) electrons. The first kappa shape index (κ1) is 10.2. The summed E-state index contributed by atoms with van der Waals surface area (Å²) in [5.74, 6) is 0. The van der Waals surface area contributed by atoms with Crippen molar-refractivity contribution in [3.8, 4) is 0 Å². The summed E-state index contributed by atoms with van der Waals surface area (Å²) >= 11 is 5.75. The predicted molar refractivity (Wildman–Crippen MR) is 48.4 cm³/mol. The number of aldehydes is 1. The molecule has 60 valence electrons. The van der Waals surface area contributed by atoms with E-state index < -0.39 is 8.80 Å². The molecule has 0 bridgehead atoms. The van der Waals surface area contributed by atoms with Gasteiger partial charge in [0, 0.05) is 0 Å². The molecule has 2 atom stereocenters. The number of unbranched alkanes of at least 4 members (excludes halogenated alkanes) is 1. The maximum Gasteiger partial charge on any atom is 0.134 e. The van der Waals surface area contributed by atoms with Crippen LogP contribution in [-0.2, 0) is 4.79 Å². The van der Waals surface area contributed by atoms with E-state index in [1.165, 1.54) is 18.9 Å². The molecule has 0 aromatic carbocycles. The van der Waals surface area contributed by atoms with Crippen LogP contribution < -0.4 is 0 Å². The first-order chi connectivity index (χ1) is 4.72. The standard InChI is InChI=1S/C7H15ClOSi/c1-3-4-5-10(2)7(8)6-9/h6-7,10H,3-5H2,1-2H3.